The van der Waals surface area contributed by atoms with E-state index in [1.165, 1.54) is 19.4 Å². The molecule has 1 N–H and O–H groups in total. The van der Waals surface area contributed by atoms with Crippen molar-refractivity contribution in [1.29, 1.82) is 0 Å². The summed E-state index contributed by atoms with van der Waals surface area (Å²) in [5.74, 6) is 1.06. The molecule has 0 aromatic heterocycles. The molecule has 1 fully saturated rings. The van der Waals surface area contributed by atoms with Crippen molar-refractivity contribution in [2.45, 2.75) is 59.9 Å². The fourth-order valence-electron chi connectivity index (χ4n) is 2.90. The second-order valence-electron chi connectivity index (χ2n) is 7.24. The smallest absolute Gasteiger partial charge is 0.194 e. The summed E-state index contributed by atoms with van der Waals surface area (Å²) in [6.45, 7) is 19.4. The quantitative estimate of drug-likeness (QED) is 0.445. The molecule has 4 heteroatoms. The molecule has 0 spiro atoms. The number of nitrogens with one attached hydrogen (secondary N) is 1. The van der Waals surface area contributed by atoms with E-state index in [1.54, 1.807) is 0 Å². The summed E-state index contributed by atoms with van der Waals surface area (Å²) in [5.41, 5.74) is 0.531. The molecule has 4 nitrogen and oxygen atoms in total. The van der Waals surface area contributed by atoms with Gasteiger partial charge in [-0.1, -0.05) is 27.7 Å². The van der Waals surface area contributed by atoms with Crippen molar-refractivity contribution in [3.8, 4) is 0 Å². The van der Waals surface area contributed by atoms with Crippen LogP contribution in [0.15, 0.2) is 4.99 Å². The molecule has 1 rings (SSSR count). The van der Waals surface area contributed by atoms with Crippen LogP contribution in [0.5, 0.6) is 0 Å². The van der Waals surface area contributed by atoms with E-state index < -0.39 is 0 Å². The number of likely N-dealkylation sites (tertiary alicyclic amines) is 1. The van der Waals surface area contributed by atoms with Gasteiger partial charge in [0.25, 0.3) is 0 Å². The first-order chi connectivity index (χ1) is 9.80. The lowest BCUT2D eigenvalue weighted by Crippen LogP contribution is -2.72. The molecule has 0 saturated carbocycles. The highest BCUT2D eigenvalue weighted by Crippen LogP contribution is 2.46. The summed E-state index contributed by atoms with van der Waals surface area (Å²) in [7, 11) is 1.89. The fraction of sp³-hybridized carbons (Fsp3) is 0.941. The van der Waals surface area contributed by atoms with E-state index in [4.69, 9.17) is 0 Å². The van der Waals surface area contributed by atoms with E-state index >= 15 is 0 Å². The minimum absolute atomic E-state index is 0.177. The molecule has 0 amide bonds. The topological polar surface area (TPSA) is 30.9 Å². The number of guanidine groups is 1. The van der Waals surface area contributed by atoms with Crippen LogP contribution in [0.25, 0.3) is 0 Å². The predicted molar refractivity (Wildman–Crippen MR) is 92.9 cm³/mol. The molecular formula is C17H36N4. The summed E-state index contributed by atoms with van der Waals surface area (Å²) in [5, 5.41) is 3.53. The summed E-state index contributed by atoms with van der Waals surface area (Å²) in [6.07, 6.45) is 2.45. The van der Waals surface area contributed by atoms with E-state index in [0.29, 0.717) is 5.41 Å². The van der Waals surface area contributed by atoms with Crippen LogP contribution < -0.4 is 5.32 Å². The molecule has 21 heavy (non-hydrogen) atoms. The molecule has 1 aliphatic heterocycles. The Morgan fingerprint density at radius 2 is 1.76 bits per heavy atom. The maximum absolute atomic E-state index is 4.46. The Balaban J connectivity index is 2.31. The van der Waals surface area contributed by atoms with Gasteiger partial charge in [0, 0.05) is 31.1 Å². The molecule has 1 saturated heterocycles. The molecule has 0 aromatic rings. The van der Waals surface area contributed by atoms with Crippen LogP contribution in [-0.2, 0) is 0 Å². The third-order valence-corrected chi connectivity index (χ3v) is 5.43. The van der Waals surface area contributed by atoms with E-state index in [9.17, 15) is 0 Å². The van der Waals surface area contributed by atoms with Gasteiger partial charge >= 0.3 is 0 Å². The van der Waals surface area contributed by atoms with Gasteiger partial charge in [-0.3, -0.25) is 4.99 Å². The molecule has 0 atom stereocenters. The first-order valence-corrected chi connectivity index (χ1v) is 8.50. The minimum Gasteiger partial charge on any atom is -0.356 e. The molecule has 1 aliphatic rings. The normalized spacial score (nSPS) is 20.6. The maximum Gasteiger partial charge on any atom is 0.194 e. The molecule has 0 bridgehead atoms. The van der Waals surface area contributed by atoms with E-state index in [1.807, 2.05) is 7.05 Å². The van der Waals surface area contributed by atoms with Crippen LogP contribution in [0.2, 0.25) is 0 Å². The average molecular weight is 297 g/mol. The van der Waals surface area contributed by atoms with Crippen molar-refractivity contribution < 1.29 is 0 Å². The van der Waals surface area contributed by atoms with Crippen molar-refractivity contribution in [2.24, 2.45) is 10.4 Å². The highest BCUT2D eigenvalue weighted by Gasteiger charge is 2.53. The van der Waals surface area contributed by atoms with Crippen LogP contribution in [0.3, 0.4) is 0 Å². The molecular weight excluding hydrogens is 260 g/mol. The van der Waals surface area contributed by atoms with Gasteiger partial charge in [-0.25, -0.2) is 0 Å². The first kappa shape index (κ1) is 18.3. The Kier molecular flexibility index (Phi) is 6.51. The summed E-state index contributed by atoms with van der Waals surface area (Å²) in [4.78, 5) is 9.34. The minimum atomic E-state index is 0.177. The lowest BCUT2D eigenvalue weighted by Gasteiger charge is -2.62. The van der Waals surface area contributed by atoms with E-state index in [-0.39, 0.29) is 5.54 Å². The molecule has 0 aliphatic carbocycles. The van der Waals surface area contributed by atoms with Crippen LogP contribution in [0, 0.1) is 5.41 Å². The van der Waals surface area contributed by atoms with Gasteiger partial charge in [0.15, 0.2) is 5.96 Å². The average Bonchev–Trinajstić information content (AvgIpc) is 2.45. The second-order valence-corrected chi connectivity index (χ2v) is 7.24. The Labute approximate surface area is 132 Å². The van der Waals surface area contributed by atoms with E-state index in [0.717, 1.165) is 32.1 Å². The standard InChI is InChI=1S/C17H36N4/c1-8-20(9-2)13-11-10-12-19-15(18-7)21-14-16(3,4)17(21,5)6/h8-14H2,1-7H3,(H,18,19). The lowest BCUT2D eigenvalue weighted by atomic mass is 9.65. The Bertz CT molecular complexity index is 343. The van der Waals surface area contributed by atoms with Gasteiger partial charge in [0.1, 0.15) is 0 Å². The van der Waals surface area contributed by atoms with Crippen LogP contribution in [0.1, 0.15) is 54.4 Å². The second kappa shape index (κ2) is 7.48. The van der Waals surface area contributed by atoms with Crippen molar-refractivity contribution >= 4 is 5.96 Å². The molecule has 0 unspecified atom stereocenters. The van der Waals surface area contributed by atoms with Gasteiger partial charge in [0.2, 0.25) is 0 Å². The Hall–Kier alpha value is -0.770. The van der Waals surface area contributed by atoms with Crippen LogP contribution in [-0.4, -0.2) is 61.1 Å². The summed E-state index contributed by atoms with van der Waals surface area (Å²) >= 11 is 0. The zero-order valence-electron chi connectivity index (χ0n) is 15.3. The van der Waals surface area contributed by atoms with Crippen molar-refractivity contribution in [2.75, 3.05) is 39.8 Å². The molecule has 1 heterocycles. The van der Waals surface area contributed by atoms with Gasteiger partial charge in [-0.05, 0) is 46.3 Å². The monoisotopic (exact) mass is 296 g/mol. The fourth-order valence-corrected chi connectivity index (χ4v) is 2.90. The number of unbranched alkanes of at least 4 members (excludes halogenated alkanes) is 1. The summed E-state index contributed by atoms with van der Waals surface area (Å²) < 4.78 is 0. The van der Waals surface area contributed by atoms with Crippen molar-refractivity contribution in [1.82, 2.24) is 15.1 Å². The number of nitrogens with zero attached hydrogens (tertiary/aromatic N) is 3. The molecule has 0 aromatic carbocycles. The van der Waals surface area contributed by atoms with E-state index in [2.05, 4.69) is 61.7 Å². The zero-order valence-corrected chi connectivity index (χ0v) is 15.3. The first-order valence-electron chi connectivity index (χ1n) is 8.50. The van der Waals surface area contributed by atoms with Gasteiger partial charge in [-0.15, -0.1) is 0 Å². The molecule has 0 radical (unpaired) electrons. The third kappa shape index (κ3) is 4.12. The third-order valence-electron chi connectivity index (χ3n) is 5.43. The van der Waals surface area contributed by atoms with Gasteiger partial charge in [0.05, 0.1) is 0 Å². The van der Waals surface area contributed by atoms with Gasteiger partial charge in [-0.2, -0.15) is 0 Å². The lowest BCUT2D eigenvalue weighted by molar-refractivity contribution is -0.0667. The van der Waals surface area contributed by atoms with Crippen LogP contribution >= 0.6 is 0 Å². The Morgan fingerprint density at radius 3 is 2.19 bits per heavy atom. The largest absolute Gasteiger partial charge is 0.356 e. The van der Waals surface area contributed by atoms with Crippen molar-refractivity contribution in [3.63, 3.8) is 0 Å². The van der Waals surface area contributed by atoms with Gasteiger partial charge < -0.3 is 15.1 Å². The maximum atomic E-state index is 4.46. The zero-order chi connectivity index (χ0) is 16.1. The molecule has 124 valence electrons. The summed E-state index contributed by atoms with van der Waals surface area (Å²) in [6, 6.07) is 0. The highest BCUT2D eigenvalue weighted by atomic mass is 15.4. The predicted octanol–water partition coefficient (Wildman–Crippen LogP) is 2.80. The SMILES string of the molecule is CCN(CC)CCCCNC(=NC)N1CC(C)(C)C1(C)C. The number of aliphatic imine (C=N–C) groups is 1. The Morgan fingerprint density at radius 1 is 1.14 bits per heavy atom. The van der Waals surface area contributed by atoms with Crippen LogP contribution in [0.4, 0.5) is 0 Å². The number of rotatable bonds is 7. The van der Waals surface area contributed by atoms with Crippen molar-refractivity contribution in [3.05, 3.63) is 0 Å². The number of hydrogen-bond donors (Lipinski definition) is 1. The highest BCUT2D eigenvalue weighted by molar-refractivity contribution is 5.81. The number of hydrogen-bond acceptors (Lipinski definition) is 2.